The maximum atomic E-state index is 4.97. The first kappa shape index (κ1) is 8.89. The molecule has 0 aliphatic rings. The SMILES string of the molecule is CC#CCNC(C)c1ccoc1. The minimum atomic E-state index is 0.310. The van der Waals surface area contributed by atoms with E-state index in [4.69, 9.17) is 4.42 Å². The molecule has 0 amide bonds. The Morgan fingerprint density at radius 2 is 2.50 bits per heavy atom. The highest BCUT2D eigenvalue weighted by Crippen LogP contribution is 2.11. The Hall–Kier alpha value is -1.20. The van der Waals surface area contributed by atoms with Gasteiger partial charge in [-0.3, -0.25) is 5.32 Å². The van der Waals surface area contributed by atoms with Gasteiger partial charge in [0.1, 0.15) is 0 Å². The van der Waals surface area contributed by atoms with Crippen LogP contribution in [0.4, 0.5) is 0 Å². The number of hydrogen-bond donors (Lipinski definition) is 1. The molecule has 0 saturated heterocycles. The zero-order chi connectivity index (χ0) is 8.81. The Morgan fingerprint density at radius 1 is 1.67 bits per heavy atom. The lowest BCUT2D eigenvalue weighted by atomic mass is 10.2. The average Bonchev–Trinajstić information content (AvgIpc) is 2.56. The smallest absolute Gasteiger partial charge is 0.0950 e. The standard InChI is InChI=1S/C10H13NO/c1-3-4-6-11-9(2)10-5-7-12-8-10/h5,7-9,11H,6H2,1-2H3. The van der Waals surface area contributed by atoms with Crippen LogP contribution in [0.1, 0.15) is 25.5 Å². The van der Waals surface area contributed by atoms with Gasteiger partial charge in [0.15, 0.2) is 0 Å². The first-order valence-corrected chi connectivity index (χ1v) is 3.99. The van der Waals surface area contributed by atoms with Gasteiger partial charge >= 0.3 is 0 Å². The van der Waals surface area contributed by atoms with E-state index in [2.05, 4.69) is 24.1 Å². The molecule has 1 N–H and O–H groups in total. The second-order valence-electron chi connectivity index (χ2n) is 2.59. The highest BCUT2D eigenvalue weighted by molar-refractivity contribution is 5.11. The number of furan rings is 1. The van der Waals surface area contributed by atoms with Crippen LogP contribution < -0.4 is 5.32 Å². The molecule has 1 rings (SSSR count). The second-order valence-corrected chi connectivity index (χ2v) is 2.59. The zero-order valence-electron chi connectivity index (χ0n) is 7.42. The van der Waals surface area contributed by atoms with Crippen LogP contribution in [0.2, 0.25) is 0 Å². The van der Waals surface area contributed by atoms with E-state index in [1.54, 1.807) is 12.5 Å². The summed E-state index contributed by atoms with van der Waals surface area (Å²) in [5, 5.41) is 3.25. The molecule has 1 aromatic rings. The first-order chi connectivity index (χ1) is 5.84. The molecule has 1 atom stereocenters. The Labute approximate surface area is 73.0 Å². The third kappa shape index (κ3) is 2.44. The molecule has 1 unspecified atom stereocenters. The van der Waals surface area contributed by atoms with Gasteiger partial charge < -0.3 is 4.42 Å². The molecule has 2 nitrogen and oxygen atoms in total. The van der Waals surface area contributed by atoms with Crippen molar-refractivity contribution in [3.05, 3.63) is 24.2 Å². The second kappa shape index (κ2) is 4.63. The molecule has 0 spiro atoms. The minimum absolute atomic E-state index is 0.310. The molecular formula is C10H13NO. The van der Waals surface area contributed by atoms with Crippen molar-refractivity contribution in [2.24, 2.45) is 0 Å². The third-order valence-corrected chi connectivity index (χ3v) is 1.72. The fourth-order valence-electron chi connectivity index (χ4n) is 0.932. The maximum absolute atomic E-state index is 4.97. The van der Waals surface area contributed by atoms with Gasteiger partial charge in [-0.25, -0.2) is 0 Å². The summed E-state index contributed by atoms with van der Waals surface area (Å²) in [5.74, 6) is 5.78. The van der Waals surface area contributed by atoms with Gasteiger partial charge in [-0.05, 0) is 19.9 Å². The summed E-state index contributed by atoms with van der Waals surface area (Å²) in [6.07, 6.45) is 3.43. The van der Waals surface area contributed by atoms with E-state index in [1.165, 1.54) is 0 Å². The Kier molecular flexibility index (Phi) is 3.43. The lowest BCUT2D eigenvalue weighted by Gasteiger charge is -2.07. The fraction of sp³-hybridized carbons (Fsp3) is 0.400. The predicted molar refractivity (Wildman–Crippen MR) is 48.6 cm³/mol. The van der Waals surface area contributed by atoms with Crippen LogP contribution in [0.3, 0.4) is 0 Å². The molecule has 0 aromatic carbocycles. The Bertz CT molecular complexity index is 266. The number of nitrogens with one attached hydrogen (secondary N) is 1. The monoisotopic (exact) mass is 163 g/mol. The van der Waals surface area contributed by atoms with Gasteiger partial charge in [0.25, 0.3) is 0 Å². The molecule has 0 radical (unpaired) electrons. The lowest BCUT2D eigenvalue weighted by Crippen LogP contribution is -2.18. The van der Waals surface area contributed by atoms with Crippen molar-refractivity contribution in [1.82, 2.24) is 5.32 Å². The zero-order valence-corrected chi connectivity index (χ0v) is 7.42. The van der Waals surface area contributed by atoms with E-state index in [1.807, 2.05) is 13.0 Å². The van der Waals surface area contributed by atoms with Crippen molar-refractivity contribution in [1.29, 1.82) is 0 Å². The van der Waals surface area contributed by atoms with E-state index in [0.717, 1.165) is 12.1 Å². The van der Waals surface area contributed by atoms with Crippen LogP contribution in [-0.4, -0.2) is 6.54 Å². The average molecular weight is 163 g/mol. The van der Waals surface area contributed by atoms with E-state index >= 15 is 0 Å². The summed E-state index contributed by atoms with van der Waals surface area (Å²) in [6, 6.07) is 2.27. The van der Waals surface area contributed by atoms with Crippen LogP contribution in [0.5, 0.6) is 0 Å². The van der Waals surface area contributed by atoms with E-state index in [9.17, 15) is 0 Å². The van der Waals surface area contributed by atoms with Crippen LogP contribution in [0.25, 0.3) is 0 Å². The Morgan fingerprint density at radius 3 is 3.08 bits per heavy atom. The van der Waals surface area contributed by atoms with Gasteiger partial charge in [0, 0.05) is 11.6 Å². The maximum Gasteiger partial charge on any atom is 0.0950 e. The Balaban J connectivity index is 2.37. The van der Waals surface area contributed by atoms with Crippen molar-refractivity contribution in [3.63, 3.8) is 0 Å². The molecule has 1 heterocycles. The van der Waals surface area contributed by atoms with Gasteiger partial charge in [-0.1, -0.05) is 5.92 Å². The molecule has 0 aliphatic carbocycles. The first-order valence-electron chi connectivity index (χ1n) is 3.99. The van der Waals surface area contributed by atoms with E-state index < -0.39 is 0 Å². The highest BCUT2D eigenvalue weighted by Gasteiger charge is 2.03. The molecule has 0 aliphatic heterocycles. The predicted octanol–water partition coefficient (Wildman–Crippen LogP) is 1.95. The topological polar surface area (TPSA) is 25.2 Å². The number of rotatable bonds is 3. The van der Waals surface area contributed by atoms with Crippen LogP contribution in [0.15, 0.2) is 23.0 Å². The molecular weight excluding hydrogens is 150 g/mol. The molecule has 1 aromatic heterocycles. The van der Waals surface area contributed by atoms with Crippen molar-refractivity contribution < 1.29 is 4.42 Å². The molecule has 0 fully saturated rings. The molecule has 0 saturated carbocycles. The third-order valence-electron chi connectivity index (χ3n) is 1.72. The summed E-state index contributed by atoms with van der Waals surface area (Å²) < 4.78 is 4.97. The quantitative estimate of drug-likeness (QED) is 0.689. The normalized spacial score (nSPS) is 11.8. The summed E-state index contributed by atoms with van der Waals surface area (Å²) in [4.78, 5) is 0. The van der Waals surface area contributed by atoms with Gasteiger partial charge in [-0.2, -0.15) is 0 Å². The highest BCUT2D eigenvalue weighted by atomic mass is 16.3. The summed E-state index contributed by atoms with van der Waals surface area (Å²) in [5.41, 5.74) is 1.16. The molecule has 12 heavy (non-hydrogen) atoms. The summed E-state index contributed by atoms with van der Waals surface area (Å²) in [7, 11) is 0. The van der Waals surface area contributed by atoms with E-state index in [0.29, 0.717) is 6.04 Å². The van der Waals surface area contributed by atoms with Crippen LogP contribution in [-0.2, 0) is 0 Å². The summed E-state index contributed by atoms with van der Waals surface area (Å²) in [6.45, 7) is 4.65. The minimum Gasteiger partial charge on any atom is -0.472 e. The fourth-order valence-corrected chi connectivity index (χ4v) is 0.932. The van der Waals surface area contributed by atoms with Crippen LogP contribution >= 0.6 is 0 Å². The van der Waals surface area contributed by atoms with Gasteiger partial charge in [0.05, 0.1) is 19.1 Å². The largest absolute Gasteiger partial charge is 0.472 e. The van der Waals surface area contributed by atoms with Crippen molar-refractivity contribution in [2.45, 2.75) is 19.9 Å². The van der Waals surface area contributed by atoms with Crippen molar-refractivity contribution >= 4 is 0 Å². The van der Waals surface area contributed by atoms with Gasteiger partial charge in [0.2, 0.25) is 0 Å². The van der Waals surface area contributed by atoms with E-state index in [-0.39, 0.29) is 0 Å². The summed E-state index contributed by atoms with van der Waals surface area (Å²) >= 11 is 0. The number of hydrogen-bond acceptors (Lipinski definition) is 2. The van der Waals surface area contributed by atoms with Crippen molar-refractivity contribution in [2.75, 3.05) is 6.54 Å². The van der Waals surface area contributed by atoms with Gasteiger partial charge in [-0.15, -0.1) is 5.92 Å². The molecule has 2 heteroatoms. The molecule has 64 valence electrons. The van der Waals surface area contributed by atoms with Crippen molar-refractivity contribution in [3.8, 4) is 11.8 Å². The lowest BCUT2D eigenvalue weighted by molar-refractivity contribution is 0.550. The molecule has 0 bridgehead atoms. The van der Waals surface area contributed by atoms with Crippen LogP contribution in [0, 0.1) is 11.8 Å².